The van der Waals surface area contributed by atoms with Crippen molar-refractivity contribution in [3.05, 3.63) is 54.0 Å². The molecule has 0 N–H and O–H groups in total. The van der Waals surface area contributed by atoms with Crippen LogP contribution in [0.2, 0.25) is 0 Å². The molecular formula is C22H26ClFN2O2. The highest BCUT2D eigenvalue weighted by atomic mass is 35.5. The molecule has 0 amide bonds. The number of hydrogen-bond donors (Lipinski definition) is 0. The highest BCUT2D eigenvalue weighted by Crippen LogP contribution is 2.43. The van der Waals surface area contributed by atoms with Crippen LogP contribution in [-0.4, -0.2) is 41.4 Å². The Balaban J connectivity index is 0.00000192. The number of aryl methyl sites for hydroxylation is 1. The number of rotatable bonds is 4. The van der Waals surface area contributed by atoms with Crippen molar-refractivity contribution in [3.8, 4) is 0 Å². The summed E-state index contributed by atoms with van der Waals surface area (Å²) in [4.78, 5) is 2.54. The van der Waals surface area contributed by atoms with Crippen molar-refractivity contribution in [2.75, 3.05) is 19.6 Å². The van der Waals surface area contributed by atoms with E-state index in [-0.39, 0.29) is 29.9 Å². The number of fused-ring (bicyclic) bond motifs is 2. The van der Waals surface area contributed by atoms with Crippen LogP contribution < -0.4 is 0 Å². The van der Waals surface area contributed by atoms with Gasteiger partial charge in [0.25, 0.3) is 0 Å². The molecule has 5 rings (SSSR count). The lowest BCUT2D eigenvalue weighted by Gasteiger charge is -2.40. The molecule has 3 heterocycles. The van der Waals surface area contributed by atoms with E-state index in [1.807, 2.05) is 0 Å². The second-order valence-corrected chi connectivity index (χ2v) is 8.16. The van der Waals surface area contributed by atoms with E-state index in [2.05, 4.69) is 34.4 Å². The van der Waals surface area contributed by atoms with Gasteiger partial charge in [-0.3, -0.25) is 0 Å². The number of likely N-dealkylation sites (tertiary alicyclic amines) is 1. The summed E-state index contributed by atoms with van der Waals surface area (Å²) < 4.78 is 25.1. The monoisotopic (exact) mass is 404 g/mol. The molecule has 1 aromatic carbocycles. The maximum Gasteiger partial charge on any atom is 0.170 e. The van der Waals surface area contributed by atoms with Crippen molar-refractivity contribution in [3.63, 3.8) is 0 Å². The molecule has 1 aliphatic carbocycles. The van der Waals surface area contributed by atoms with Gasteiger partial charge in [-0.2, -0.15) is 0 Å². The van der Waals surface area contributed by atoms with Crippen LogP contribution in [0.25, 0.3) is 11.0 Å². The molecule has 150 valence electrons. The summed E-state index contributed by atoms with van der Waals surface area (Å²) in [6.45, 7) is 3.19. The Morgan fingerprint density at radius 1 is 1.25 bits per heavy atom. The molecule has 0 bridgehead atoms. The van der Waals surface area contributed by atoms with Crippen LogP contribution in [0.15, 0.2) is 47.0 Å². The van der Waals surface area contributed by atoms with E-state index in [4.69, 9.17) is 9.26 Å². The molecule has 1 spiro atoms. The minimum absolute atomic E-state index is 0. The average molecular weight is 405 g/mol. The molecule has 2 aliphatic heterocycles. The maximum absolute atomic E-state index is 13.3. The SMILES string of the molecule is Cl.Fc1ccc2c(CCCN3CCC[C@@]4(CC5C=CC=C[C@@H]5O4)C3)noc2c1. The number of aromatic nitrogens is 1. The Morgan fingerprint density at radius 3 is 3.04 bits per heavy atom. The lowest BCUT2D eigenvalue weighted by Crippen LogP contribution is -2.48. The smallest absolute Gasteiger partial charge is 0.170 e. The van der Waals surface area contributed by atoms with E-state index in [0.717, 1.165) is 56.4 Å². The van der Waals surface area contributed by atoms with E-state index >= 15 is 0 Å². The van der Waals surface area contributed by atoms with Crippen LogP contribution in [0, 0.1) is 11.7 Å². The van der Waals surface area contributed by atoms with Crippen molar-refractivity contribution in [2.24, 2.45) is 5.92 Å². The second-order valence-electron chi connectivity index (χ2n) is 8.16. The predicted octanol–water partition coefficient (Wildman–Crippen LogP) is 4.69. The highest BCUT2D eigenvalue weighted by molar-refractivity contribution is 5.85. The van der Waals surface area contributed by atoms with Crippen LogP contribution >= 0.6 is 12.4 Å². The average Bonchev–Trinajstić information content (AvgIpc) is 3.22. The number of benzene rings is 1. The minimum Gasteiger partial charge on any atom is -0.366 e. The molecule has 3 atom stereocenters. The Labute approximate surface area is 170 Å². The number of ether oxygens (including phenoxy) is 1. The number of allylic oxidation sites excluding steroid dienone is 2. The van der Waals surface area contributed by atoms with Crippen molar-refractivity contribution in [1.29, 1.82) is 0 Å². The Bertz CT molecular complexity index is 874. The standard InChI is InChI=1S/C22H25FN2O2.ClH/c23-17-8-9-18-19(24-27-21(18)13-17)6-3-11-25-12-4-10-22(15-25)14-16-5-1-2-7-20(16)26-22;/h1-2,5,7-9,13,16,20H,3-4,6,10-12,14-15H2;1H/t16?,20-,22+;/m0./s1. The summed E-state index contributed by atoms with van der Waals surface area (Å²) in [6.07, 6.45) is 14.4. The highest BCUT2D eigenvalue weighted by Gasteiger charge is 2.46. The van der Waals surface area contributed by atoms with Gasteiger partial charge in [0.2, 0.25) is 0 Å². The molecule has 0 saturated carbocycles. The topological polar surface area (TPSA) is 38.5 Å². The van der Waals surface area contributed by atoms with Crippen LogP contribution in [0.3, 0.4) is 0 Å². The molecule has 2 saturated heterocycles. The molecule has 4 nitrogen and oxygen atoms in total. The van der Waals surface area contributed by atoms with Crippen LogP contribution in [0.1, 0.15) is 31.4 Å². The van der Waals surface area contributed by atoms with E-state index < -0.39 is 0 Å². The zero-order chi connectivity index (χ0) is 18.3. The van der Waals surface area contributed by atoms with Gasteiger partial charge in [0.05, 0.1) is 17.4 Å². The van der Waals surface area contributed by atoms with Gasteiger partial charge in [0.1, 0.15) is 5.82 Å². The number of nitrogens with zero attached hydrogens (tertiary/aromatic N) is 2. The first kappa shape index (κ1) is 19.6. The van der Waals surface area contributed by atoms with E-state index in [1.165, 1.54) is 18.6 Å². The Hall–Kier alpha value is -1.69. The molecule has 28 heavy (non-hydrogen) atoms. The molecular weight excluding hydrogens is 379 g/mol. The largest absolute Gasteiger partial charge is 0.366 e. The first-order chi connectivity index (χ1) is 13.2. The first-order valence-corrected chi connectivity index (χ1v) is 10.00. The third-order valence-corrected chi connectivity index (χ3v) is 6.20. The normalized spacial score (nSPS) is 29.3. The minimum atomic E-state index is -0.286. The fourth-order valence-electron chi connectivity index (χ4n) is 4.97. The lowest BCUT2D eigenvalue weighted by atomic mass is 9.84. The third kappa shape index (κ3) is 3.76. The van der Waals surface area contributed by atoms with Crippen LogP contribution in [0.5, 0.6) is 0 Å². The summed E-state index contributed by atoms with van der Waals surface area (Å²) in [5.74, 6) is 0.252. The molecule has 1 aromatic heterocycles. The number of hydrogen-bond acceptors (Lipinski definition) is 4. The Kier molecular flexibility index (Phi) is 5.59. The number of piperidine rings is 1. The zero-order valence-corrected chi connectivity index (χ0v) is 16.7. The first-order valence-electron chi connectivity index (χ1n) is 10.00. The van der Waals surface area contributed by atoms with Crippen molar-refractivity contribution < 1.29 is 13.7 Å². The molecule has 6 heteroatoms. The van der Waals surface area contributed by atoms with E-state index in [0.29, 0.717) is 11.5 Å². The molecule has 0 radical (unpaired) electrons. The van der Waals surface area contributed by atoms with Gasteiger partial charge in [-0.1, -0.05) is 29.5 Å². The van der Waals surface area contributed by atoms with Crippen LogP contribution in [0.4, 0.5) is 4.39 Å². The summed E-state index contributed by atoms with van der Waals surface area (Å²) >= 11 is 0. The van der Waals surface area contributed by atoms with Gasteiger partial charge < -0.3 is 14.2 Å². The number of halogens is 2. The van der Waals surface area contributed by atoms with Gasteiger partial charge in [0.15, 0.2) is 5.58 Å². The molecule has 2 aromatic rings. The van der Waals surface area contributed by atoms with E-state index in [1.54, 1.807) is 6.07 Å². The summed E-state index contributed by atoms with van der Waals surface area (Å²) in [6, 6.07) is 4.64. The quantitative estimate of drug-likeness (QED) is 0.741. The van der Waals surface area contributed by atoms with Gasteiger partial charge in [0, 0.05) is 23.9 Å². The molecule has 3 aliphatic rings. The third-order valence-electron chi connectivity index (χ3n) is 6.20. The summed E-state index contributed by atoms with van der Waals surface area (Å²) in [5.41, 5.74) is 1.48. The maximum atomic E-state index is 13.3. The zero-order valence-electron chi connectivity index (χ0n) is 15.9. The molecule has 1 unspecified atom stereocenters. The second kappa shape index (κ2) is 7.97. The van der Waals surface area contributed by atoms with Gasteiger partial charge >= 0.3 is 0 Å². The van der Waals surface area contributed by atoms with Crippen LogP contribution in [-0.2, 0) is 11.2 Å². The summed E-state index contributed by atoms with van der Waals surface area (Å²) in [7, 11) is 0. The lowest BCUT2D eigenvalue weighted by molar-refractivity contribution is -0.0713. The summed E-state index contributed by atoms with van der Waals surface area (Å²) in [5, 5.41) is 5.06. The van der Waals surface area contributed by atoms with E-state index in [9.17, 15) is 4.39 Å². The fourth-order valence-corrected chi connectivity index (χ4v) is 4.97. The van der Waals surface area contributed by atoms with Crippen molar-refractivity contribution in [1.82, 2.24) is 10.1 Å². The van der Waals surface area contributed by atoms with Crippen molar-refractivity contribution in [2.45, 2.75) is 43.8 Å². The van der Waals surface area contributed by atoms with Gasteiger partial charge in [-0.25, -0.2) is 4.39 Å². The fraction of sp³-hybridized carbons (Fsp3) is 0.500. The van der Waals surface area contributed by atoms with Crippen molar-refractivity contribution >= 4 is 23.4 Å². The predicted molar refractivity (Wildman–Crippen MR) is 109 cm³/mol. The van der Waals surface area contributed by atoms with Gasteiger partial charge in [-0.15, -0.1) is 12.4 Å². The Morgan fingerprint density at radius 2 is 2.14 bits per heavy atom. The molecule has 2 fully saturated rings. The van der Waals surface area contributed by atoms with Gasteiger partial charge in [-0.05, 0) is 57.3 Å².